The highest BCUT2D eigenvalue weighted by Gasteiger charge is 2.21. The number of rotatable bonds is 3. The van der Waals surface area contributed by atoms with Crippen molar-refractivity contribution in [1.82, 2.24) is 10.6 Å². The topological polar surface area (TPSA) is 58.2 Å². The lowest BCUT2D eigenvalue weighted by Gasteiger charge is -1.92. The third-order valence-corrected chi connectivity index (χ3v) is 1.63. The third kappa shape index (κ3) is 2.08. The number of carbonyl (C=O) groups is 2. The van der Waals surface area contributed by atoms with Gasteiger partial charge in [0.25, 0.3) is 5.91 Å². The molecule has 0 atom stereocenters. The third-order valence-electron chi connectivity index (χ3n) is 1.63. The Labute approximate surface area is 71.0 Å². The van der Waals surface area contributed by atoms with Crippen LogP contribution in [0.4, 0.5) is 4.79 Å². The summed E-state index contributed by atoms with van der Waals surface area (Å²) in [6, 6.07) is -0.428. The van der Waals surface area contributed by atoms with Gasteiger partial charge in [0.15, 0.2) is 0 Å². The van der Waals surface area contributed by atoms with Gasteiger partial charge in [0.05, 0.1) is 0 Å². The summed E-state index contributed by atoms with van der Waals surface area (Å²) in [5, 5.41) is 4.56. The highest BCUT2D eigenvalue weighted by atomic mass is 16.2. The molecule has 0 radical (unpaired) electrons. The number of imide groups is 1. The number of carbonyl (C=O) groups excluding carboxylic acids is 2. The van der Waals surface area contributed by atoms with Crippen molar-refractivity contribution in [2.75, 3.05) is 0 Å². The van der Waals surface area contributed by atoms with Crippen LogP contribution < -0.4 is 10.6 Å². The summed E-state index contributed by atoms with van der Waals surface area (Å²) in [4.78, 5) is 21.5. The van der Waals surface area contributed by atoms with E-state index in [2.05, 4.69) is 17.6 Å². The highest BCUT2D eigenvalue weighted by Crippen LogP contribution is 2.02. The zero-order valence-corrected chi connectivity index (χ0v) is 7.02. The second kappa shape index (κ2) is 3.90. The Hall–Kier alpha value is -1.32. The molecule has 2 N–H and O–H groups in total. The van der Waals surface area contributed by atoms with Crippen molar-refractivity contribution in [1.29, 1.82) is 0 Å². The lowest BCUT2D eigenvalue weighted by molar-refractivity contribution is -0.115. The van der Waals surface area contributed by atoms with E-state index in [1.165, 1.54) is 0 Å². The number of unbranched alkanes of at least 4 members (excludes halogenated alkanes) is 2. The molecule has 0 aromatic rings. The Kier molecular flexibility index (Phi) is 2.85. The average Bonchev–Trinajstić information content (AvgIpc) is 2.31. The van der Waals surface area contributed by atoms with Crippen LogP contribution in [-0.2, 0) is 4.79 Å². The molecule has 3 amide bonds. The van der Waals surface area contributed by atoms with E-state index in [0.717, 1.165) is 19.3 Å². The molecule has 0 saturated carbocycles. The van der Waals surface area contributed by atoms with Crippen LogP contribution in [0.2, 0.25) is 0 Å². The zero-order chi connectivity index (χ0) is 8.97. The molecule has 0 aliphatic carbocycles. The Balaban J connectivity index is 2.46. The first-order valence-corrected chi connectivity index (χ1v) is 4.06. The van der Waals surface area contributed by atoms with Crippen LogP contribution in [0.5, 0.6) is 0 Å². The normalized spacial score (nSPS) is 19.6. The molecule has 1 aliphatic rings. The molecule has 1 heterocycles. The number of hydrogen-bond donors (Lipinski definition) is 2. The van der Waals surface area contributed by atoms with E-state index in [1.54, 1.807) is 6.08 Å². The maximum Gasteiger partial charge on any atom is 0.326 e. The number of allylic oxidation sites excluding steroid dienone is 1. The second-order valence-electron chi connectivity index (χ2n) is 2.67. The molecule has 1 rings (SSSR count). The van der Waals surface area contributed by atoms with E-state index in [4.69, 9.17) is 0 Å². The quantitative estimate of drug-likeness (QED) is 0.373. The van der Waals surface area contributed by atoms with Crippen LogP contribution in [0.1, 0.15) is 26.2 Å². The fraction of sp³-hybridized carbons (Fsp3) is 0.500. The minimum absolute atomic E-state index is 0.323. The van der Waals surface area contributed by atoms with Gasteiger partial charge in [-0.2, -0.15) is 0 Å². The van der Waals surface area contributed by atoms with E-state index < -0.39 is 6.03 Å². The van der Waals surface area contributed by atoms with Gasteiger partial charge in [-0.25, -0.2) is 4.79 Å². The average molecular weight is 168 g/mol. The number of urea groups is 1. The van der Waals surface area contributed by atoms with Gasteiger partial charge in [-0.1, -0.05) is 19.4 Å². The predicted molar refractivity (Wildman–Crippen MR) is 44.3 cm³/mol. The SMILES string of the molecule is CCCCC=C1NC(=O)NC1=O. The Morgan fingerprint density at radius 3 is 2.58 bits per heavy atom. The molecule has 0 aromatic heterocycles. The van der Waals surface area contributed by atoms with Gasteiger partial charge >= 0.3 is 6.03 Å². The fourth-order valence-corrected chi connectivity index (χ4v) is 0.975. The van der Waals surface area contributed by atoms with Gasteiger partial charge in [-0.3, -0.25) is 10.1 Å². The van der Waals surface area contributed by atoms with Crippen LogP contribution in [0.25, 0.3) is 0 Å². The maximum atomic E-state index is 10.9. The highest BCUT2D eigenvalue weighted by molar-refractivity contribution is 6.11. The van der Waals surface area contributed by atoms with Crippen LogP contribution >= 0.6 is 0 Å². The summed E-state index contributed by atoms with van der Waals surface area (Å²) in [7, 11) is 0. The number of hydrogen-bond acceptors (Lipinski definition) is 2. The van der Waals surface area contributed by atoms with Crippen molar-refractivity contribution in [2.45, 2.75) is 26.2 Å². The van der Waals surface area contributed by atoms with Gasteiger partial charge in [0.2, 0.25) is 0 Å². The summed E-state index contributed by atoms with van der Waals surface area (Å²) in [6.07, 6.45) is 4.70. The van der Waals surface area contributed by atoms with Crippen molar-refractivity contribution in [3.8, 4) is 0 Å². The minimum atomic E-state index is -0.428. The van der Waals surface area contributed by atoms with Crippen molar-refractivity contribution >= 4 is 11.9 Å². The van der Waals surface area contributed by atoms with Crippen molar-refractivity contribution in [3.63, 3.8) is 0 Å². The monoisotopic (exact) mass is 168 g/mol. The number of amides is 3. The molecular formula is C8H12N2O2. The first-order chi connectivity index (χ1) is 5.74. The summed E-state index contributed by atoms with van der Waals surface area (Å²) >= 11 is 0. The Morgan fingerprint density at radius 1 is 1.33 bits per heavy atom. The molecule has 4 nitrogen and oxygen atoms in total. The van der Waals surface area contributed by atoms with E-state index in [0.29, 0.717) is 5.70 Å². The van der Waals surface area contributed by atoms with E-state index >= 15 is 0 Å². The number of nitrogens with one attached hydrogen (secondary N) is 2. The smallest absolute Gasteiger partial charge is 0.303 e. The molecule has 1 aliphatic heterocycles. The van der Waals surface area contributed by atoms with Gasteiger partial charge in [0, 0.05) is 0 Å². The van der Waals surface area contributed by atoms with Crippen molar-refractivity contribution < 1.29 is 9.59 Å². The van der Waals surface area contributed by atoms with Crippen LogP contribution in [0.15, 0.2) is 11.8 Å². The van der Waals surface area contributed by atoms with Crippen LogP contribution in [0, 0.1) is 0 Å². The van der Waals surface area contributed by atoms with Gasteiger partial charge < -0.3 is 5.32 Å². The zero-order valence-electron chi connectivity index (χ0n) is 7.02. The molecule has 1 fully saturated rings. The van der Waals surface area contributed by atoms with Gasteiger partial charge in [-0.05, 0) is 12.8 Å². The van der Waals surface area contributed by atoms with Crippen molar-refractivity contribution in [3.05, 3.63) is 11.8 Å². The van der Waals surface area contributed by atoms with E-state index in [-0.39, 0.29) is 5.91 Å². The molecule has 4 heteroatoms. The first-order valence-electron chi connectivity index (χ1n) is 4.06. The van der Waals surface area contributed by atoms with Crippen molar-refractivity contribution in [2.24, 2.45) is 0 Å². The summed E-state index contributed by atoms with van der Waals surface area (Å²) in [5.74, 6) is -0.323. The standard InChI is InChI=1S/C8H12N2O2/c1-2-3-4-5-6-7(11)10-8(12)9-6/h5H,2-4H2,1H3,(H2,9,10,11,12). The van der Waals surface area contributed by atoms with Gasteiger partial charge in [-0.15, -0.1) is 0 Å². The second-order valence-corrected chi connectivity index (χ2v) is 2.67. The Bertz CT molecular complexity index is 233. The Morgan fingerprint density at radius 2 is 2.08 bits per heavy atom. The fourth-order valence-electron chi connectivity index (χ4n) is 0.975. The molecule has 0 bridgehead atoms. The summed E-state index contributed by atoms with van der Waals surface area (Å²) < 4.78 is 0. The molecule has 0 spiro atoms. The largest absolute Gasteiger partial charge is 0.326 e. The van der Waals surface area contributed by atoms with E-state index in [1.807, 2.05) is 0 Å². The van der Waals surface area contributed by atoms with E-state index in [9.17, 15) is 9.59 Å². The lowest BCUT2D eigenvalue weighted by atomic mass is 10.2. The minimum Gasteiger partial charge on any atom is -0.303 e. The molecule has 12 heavy (non-hydrogen) atoms. The molecule has 66 valence electrons. The molecule has 1 saturated heterocycles. The summed E-state index contributed by atoms with van der Waals surface area (Å²) in [6.45, 7) is 2.08. The molecule has 0 unspecified atom stereocenters. The van der Waals surface area contributed by atoms with Crippen LogP contribution in [0.3, 0.4) is 0 Å². The van der Waals surface area contributed by atoms with Crippen LogP contribution in [-0.4, -0.2) is 11.9 Å². The molecular weight excluding hydrogens is 156 g/mol. The lowest BCUT2D eigenvalue weighted by Crippen LogP contribution is -2.22. The predicted octanol–water partition coefficient (Wildman–Crippen LogP) is 0.900. The summed E-state index contributed by atoms with van der Waals surface area (Å²) in [5.41, 5.74) is 0.383. The maximum absolute atomic E-state index is 10.9. The molecule has 0 aromatic carbocycles. The van der Waals surface area contributed by atoms with Gasteiger partial charge in [0.1, 0.15) is 5.70 Å². The first kappa shape index (κ1) is 8.77.